The molecule has 0 radical (unpaired) electrons. The number of imidazole rings is 1. The Morgan fingerprint density at radius 1 is 1.33 bits per heavy atom. The number of carbonyl (C=O) groups excluding carboxylic acids is 1. The lowest BCUT2D eigenvalue weighted by molar-refractivity contribution is -0.197. The zero-order chi connectivity index (χ0) is 17.1. The van der Waals surface area contributed by atoms with Gasteiger partial charge in [0.15, 0.2) is 29.3 Å². The molecule has 4 rings (SSSR count). The van der Waals surface area contributed by atoms with Gasteiger partial charge < -0.3 is 24.5 Å². The number of hydrogen-bond acceptors (Lipinski definition) is 7. The fourth-order valence-electron chi connectivity index (χ4n) is 3.20. The predicted molar refractivity (Wildman–Crippen MR) is 80.0 cm³/mol. The minimum absolute atomic E-state index is 0.194. The maximum Gasteiger partial charge on any atom is 0.278 e. The average Bonchev–Trinajstić information content (AvgIpc) is 3.18. The molecule has 24 heavy (non-hydrogen) atoms. The highest BCUT2D eigenvalue weighted by Crippen LogP contribution is 2.43. The van der Waals surface area contributed by atoms with Crippen LogP contribution in [0.3, 0.4) is 0 Å². The molecule has 2 N–H and O–H groups in total. The minimum atomic E-state index is -0.842. The summed E-state index contributed by atoms with van der Waals surface area (Å²) in [7, 11) is 1.53. The van der Waals surface area contributed by atoms with Crippen LogP contribution < -0.4 is 10.9 Å². The molecule has 0 saturated carbocycles. The summed E-state index contributed by atoms with van der Waals surface area (Å²) in [6.07, 6.45) is 0.145. The van der Waals surface area contributed by atoms with Gasteiger partial charge in [-0.05, 0) is 13.8 Å². The van der Waals surface area contributed by atoms with Gasteiger partial charge in [-0.25, -0.2) is 9.97 Å². The molecule has 1 amide bonds. The van der Waals surface area contributed by atoms with Gasteiger partial charge >= 0.3 is 0 Å². The molecule has 0 spiro atoms. The van der Waals surface area contributed by atoms with Crippen molar-refractivity contribution in [2.24, 2.45) is 0 Å². The van der Waals surface area contributed by atoms with E-state index in [2.05, 4.69) is 20.3 Å². The Labute approximate surface area is 136 Å². The summed E-state index contributed by atoms with van der Waals surface area (Å²) in [5.41, 5.74) is 0.202. The predicted octanol–water partition coefficient (Wildman–Crippen LogP) is -0.717. The van der Waals surface area contributed by atoms with Crippen molar-refractivity contribution in [2.45, 2.75) is 44.2 Å². The van der Waals surface area contributed by atoms with E-state index in [9.17, 15) is 9.59 Å². The fourth-order valence-corrected chi connectivity index (χ4v) is 3.20. The van der Waals surface area contributed by atoms with E-state index >= 15 is 0 Å². The summed E-state index contributed by atoms with van der Waals surface area (Å²) in [5, 5.41) is 2.56. The van der Waals surface area contributed by atoms with Crippen LogP contribution in [0, 0.1) is 0 Å². The largest absolute Gasteiger partial charge is 0.357 e. The van der Waals surface area contributed by atoms with E-state index in [0.717, 1.165) is 0 Å². The maximum atomic E-state index is 12.1. The smallest absolute Gasteiger partial charge is 0.278 e. The first-order valence-electron chi connectivity index (χ1n) is 7.54. The molecule has 0 unspecified atom stereocenters. The molecule has 2 saturated heterocycles. The first-order valence-corrected chi connectivity index (χ1v) is 7.54. The van der Waals surface area contributed by atoms with Crippen molar-refractivity contribution >= 4 is 17.1 Å². The Balaban J connectivity index is 1.78. The summed E-state index contributed by atoms with van der Waals surface area (Å²) in [5.74, 6) is -1.14. The van der Waals surface area contributed by atoms with Crippen LogP contribution in [-0.4, -0.2) is 56.6 Å². The second-order valence-corrected chi connectivity index (χ2v) is 6.18. The number of carbonyl (C=O) groups is 1. The highest BCUT2D eigenvalue weighted by atomic mass is 16.8. The minimum Gasteiger partial charge on any atom is -0.357 e. The quantitative estimate of drug-likeness (QED) is 0.743. The van der Waals surface area contributed by atoms with Gasteiger partial charge in [-0.3, -0.25) is 14.2 Å². The van der Waals surface area contributed by atoms with Gasteiger partial charge in [-0.2, -0.15) is 0 Å². The molecular weight excluding hydrogens is 318 g/mol. The number of likely N-dealkylation sites (N-methyl/N-ethyl adjacent to an activating group) is 1. The van der Waals surface area contributed by atoms with E-state index in [0.29, 0.717) is 5.65 Å². The lowest BCUT2D eigenvalue weighted by atomic mass is 10.1. The molecule has 10 heteroatoms. The van der Waals surface area contributed by atoms with Gasteiger partial charge in [0.2, 0.25) is 0 Å². The average molecular weight is 335 g/mol. The van der Waals surface area contributed by atoms with Crippen LogP contribution in [0.2, 0.25) is 0 Å². The van der Waals surface area contributed by atoms with Gasteiger partial charge in [0, 0.05) is 7.05 Å². The standard InChI is InChI=1S/C14H17N5O5/c1-14(2)23-7-8(12(21)15-3)22-13(9(7)24-14)19-5-18-6-10(19)16-4-17-11(6)20/h4-5,7-9,13H,1-3H3,(H,15,21)(H,16,17,20)/t7-,8+,9-,13-/m1/s1. The number of hydrogen-bond donors (Lipinski definition) is 2. The van der Waals surface area contributed by atoms with Gasteiger partial charge in [0.05, 0.1) is 12.7 Å². The van der Waals surface area contributed by atoms with Crippen LogP contribution >= 0.6 is 0 Å². The Morgan fingerprint density at radius 3 is 2.83 bits per heavy atom. The van der Waals surface area contributed by atoms with Crippen LogP contribution in [0.5, 0.6) is 0 Å². The zero-order valence-electron chi connectivity index (χ0n) is 13.3. The van der Waals surface area contributed by atoms with Gasteiger partial charge in [0.1, 0.15) is 12.2 Å². The van der Waals surface area contributed by atoms with E-state index in [1.54, 1.807) is 18.4 Å². The number of aromatic amines is 1. The molecule has 128 valence electrons. The first kappa shape index (κ1) is 15.2. The van der Waals surface area contributed by atoms with Gasteiger partial charge in [0.25, 0.3) is 11.5 Å². The third-order valence-corrected chi connectivity index (χ3v) is 4.17. The Kier molecular flexibility index (Phi) is 3.24. The van der Waals surface area contributed by atoms with Crippen molar-refractivity contribution in [1.29, 1.82) is 0 Å². The third-order valence-electron chi connectivity index (χ3n) is 4.17. The number of nitrogens with one attached hydrogen (secondary N) is 2. The van der Waals surface area contributed by atoms with Crippen LogP contribution in [-0.2, 0) is 19.0 Å². The molecular formula is C14H17N5O5. The number of rotatable bonds is 2. The van der Waals surface area contributed by atoms with E-state index in [1.165, 1.54) is 19.7 Å². The number of nitrogens with zero attached hydrogens (tertiary/aromatic N) is 3. The lowest BCUT2D eigenvalue weighted by Crippen LogP contribution is -2.41. The second-order valence-electron chi connectivity index (χ2n) is 6.18. The summed E-state index contributed by atoms with van der Waals surface area (Å²) in [6, 6.07) is 0. The van der Waals surface area contributed by atoms with Crippen LogP contribution in [0.15, 0.2) is 17.4 Å². The molecule has 0 bridgehead atoms. The molecule has 2 aliphatic rings. The van der Waals surface area contributed by atoms with E-state index in [-0.39, 0.29) is 17.0 Å². The zero-order valence-corrected chi connectivity index (χ0v) is 13.3. The van der Waals surface area contributed by atoms with Crippen molar-refractivity contribution in [3.8, 4) is 0 Å². The normalized spacial score (nSPS) is 31.3. The molecule has 4 heterocycles. The van der Waals surface area contributed by atoms with Crippen molar-refractivity contribution in [3.63, 3.8) is 0 Å². The topological polar surface area (TPSA) is 120 Å². The number of aromatic nitrogens is 4. The molecule has 2 aromatic rings. The summed E-state index contributed by atoms with van der Waals surface area (Å²) < 4.78 is 19.2. The molecule has 0 aliphatic carbocycles. The van der Waals surface area contributed by atoms with Crippen molar-refractivity contribution in [1.82, 2.24) is 24.8 Å². The molecule has 4 atom stereocenters. The maximum absolute atomic E-state index is 12.1. The van der Waals surface area contributed by atoms with Gasteiger partial charge in [-0.1, -0.05) is 0 Å². The molecule has 2 aliphatic heterocycles. The number of H-pyrrole nitrogens is 1. The number of fused-ring (bicyclic) bond motifs is 2. The summed E-state index contributed by atoms with van der Waals surface area (Å²) >= 11 is 0. The monoisotopic (exact) mass is 335 g/mol. The first-order chi connectivity index (χ1) is 11.4. The molecule has 10 nitrogen and oxygen atoms in total. The number of ether oxygens (including phenoxy) is 3. The number of amides is 1. The highest BCUT2D eigenvalue weighted by Gasteiger charge is 2.58. The van der Waals surface area contributed by atoms with Crippen molar-refractivity contribution in [3.05, 3.63) is 23.0 Å². The van der Waals surface area contributed by atoms with Crippen molar-refractivity contribution < 1.29 is 19.0 Å². The van der Waals surface area contributed by atoms with Crippen molar-refractivity contribution in [2.75, 3.05) is 7.05 Å². The summed E-state index contributed by atoms with van der Waals surface area (Å²) in [4.78, 5) is 34.7. The van der Waals surface area contributed by atoms with Gasteiger partial charge in [-0.15, -0.1) is 0 Å². The molecule has 2 aromatic heterocycles. The Morgan fingerprint density at radius 2 is 2.08 bits per heavy atom. The highest BCUT2D eigenvalue weighted by molar-refractivity contribution is 5.81. The molecule has 0 aromatic carbocycles. The van der Waals surface area contributed by atoms with Crippen LogP contribution in [0.1, 0.15) is 20.1 Å². The SMILES string of the molecule is CNC(=O)[C@H]1O[C@@H](n2cnc3c(=O)[nH]cnc32)[C@@H]2OC(C)(C)O[C@@H]21. The van der Waals surface area contributed by atoms with E-state index < -0.39 is 30.3 Å². The second kappa shape index (κ2) is 5.10. The Hall–Kier alpha value is -2.30. The fraction of sp³-hybridized carbons (Fsp3) is 0.571. The van der Waals surface area contributed by atoms with E-state index in [4.69, 9.17) is 14.2 Å². The lowest BCUT2D eigenvalue weighted by Gasteiger charge is -2.24. The Bertz CT molecular complexity index is 859. The third kappa shape index (κ3) is 2.14. The molecule has 2 fully saturated rings. The van der Waals surface area contributed by atoms with E-state index in [1.807, 2.05) is 0 Å². The summed E-state index contributed by atoms with van der Waals surface area (Å²) in [6.45, 7) is 3.55. The van der Waals surface area contributed by atoms with Crippen LogP contribution in [0.25, 0.3) is 11.2 Å². The van der Waals surface area contributed by atoms with Crippen LogP contribution in [0.4, 0.5) is 0 Å².